The summed E-state index contributed by atoms with van der Waals surface area (Å²) in [5.41, 5.74) is 0. The summed E-state index contributed by atoms with van der Waals surface area (Å²) in [6, 6.07) is 3.69. The lowest BCUT2D eigenvalue weighted by molar-refractivity contribution is 0.0545. The largest absolute Gasteiger partial charge is 0.485 e. The average Bonchev–Trinajstić information content (AvgIpc) is 2.12. The molecule has 0 unspecified atom stereocenters. The highest BCUT2D eigenvalue weighted by atomic mass is 127. The summed E-state index contributed by atoms with van der Waals surface area (Å²) in [6.07, 6.45) is 3.50. The van der Waals surface area contributed by atoms with Gasteiger partial charge in [-0.2, -0.15) is 0 Å². The third-order valence-electron chi connectivity index (χ3n) is 2.03. The number of nitrogens with zero attached hydrogens (tertiary/aromatic N) is 2. The van der Waals surface area contributed by atoms with E-state index >= 15 is 0 Å². The van der Waals surface area contributed by atoms with Crippen LogP contribution < -0.4 is 4.74 Å². The summed E-state index contributed by atoms with van der Waals surface area (Å²) < 4.78 is 5.65. The Balaban J connectivity index is 1.82. The highest BCUT2D eigenvalue weighted by Gasteiger charge is 2.30. The molecule has 1 amide bonds. The summed E-state index contributed by atoms with van der Waals surface area (Å²) in [5.74, 6) is 0.762. The van der Waals surface area contributed by atoms with Gasteiger partial charge in [0.05, 0.1) is 19.3 Å². The maximum absolute atomic E-state index is 10.9. The van der Waals surface area contributed by atoms with Gasteiger partial charge in [-0.15, -0.1) is 0 Å². The monoisotopic (exact) mass is 304 g/mol. The molecule has 0 atom stereocenters. The van der Waals surface area contributed by atoms with E-state index < -0.39 is 0 Å². The summed E-state index contributed by atoms with van der Waals surface area (Å²) in [7, 11) is 0. The predicted molar refractivity (Wildman–Crippen MR) is 59.6 cm³/mol. The van der Waals surface area contributed by atoms with Crippen LogP contribution in [0.2, 0.25) is 0 Å². The van der Waals surface area contributed by atoms with Gasteiger partial charge in [0, 0.05) is 28.8 Å². The van der Waals surface area contributed by atoms with Crippen molar-refractivity contribution in [3.8, 4) is 5.75 Å². The molecule has 1 aromatic rings. The lowest BCUT2D eigenvalue weighted by Gasteiger charge is -2.37. The highest BCUT2D eigenvalue weighted by molar-refractivity contribution is 14.1. The van der Waals surface area contributed by atoms with Crippen molar-refractivity contribution in [2.24, 2.45) is 0 Å². The topological polar surface area (TPSA) is 42.4 Å². The van der Waals surface area contributed by atoms with Gasteiger partial charge < -0.3 is 9.64 Å². The van der Waals surface area contributed by atoms with Crippen molar-refractivity contribution in [3.05, 3.63) is 24.5 Å². The Morgan fingerprint density at radius 1 is 1.64 bits per heavy atom. The number of ether oxygens (including phenoxy) is 1. The zero-order valence-corrected chi connectivity index (χ0v) is 9.55. The number of hydrogen-bond acceptors (Lipinski definition) is 3. The van der Waals surface area contributed by atoms with Gasteiger partial charge in [-0.05, 0) is 12.1 Å². The fourth-order valence-electron chi connectivity index (χ4n) is 1.27. The van der Waals surface area contributed by atoms with Crippen LogP contribution in [0.15, 0.2) is 24.5 Å². The van der Waals surface area contributed by atoms with Crippen LogP contribution >= 0.6 is 22.6 Å². The number of carbonyl (C=O) groups excluding carboxylic acids is 1. The zero-order valence-electron chi connectivity index (χ0n) is 7.39. The second-order valence-electron chi connectivity index (χ2n) is 3.09. The number of halogens is 1. The quantitative estimate of drug-likeness (QED) is 0.474. The maximum atomic E-state index is 10.9. The van der Waals surface area contributed by atoms with E-state index in [4.69, 9.17) is 4.74 Å². The number of rotatable bonds is 2. The summed E-state index contributed by atoms with van der Waals surface area (Å²) in [5, 5.41) is 0. The molecule has 0 bridgehead atoms. The summed E-state index contributed by atoms with van der Waals surface area (Å²) in [4.78, 5) is 16.5. The summed E-state index contributed by atoms with van der Waals surface area (Å²) >= 11 is 1.78. The van der Waals surface area contributed by atoms with Gasteiger partial charge in [0.25, 0.3) is 3.91 Å². The molecule has 0 radical (unpaired) electrons. The minimum Gasteiger partial charge on any atom is -0.485 e. The molecule has 0 aliphatic carbocycles. The molecule has 1 aromatic heterocycles. The minimum atomic E-state index is 0.0774. The van der Waals surface area contributed by atoms with Gasteiger partial charge in [0.15, 0.2) is 0 Å². The molecule has 1 aliphatic heterocycles. The van der Waals surface area contributed by atoms with Crippen LogP contribution in [0, 0.1) is 0 Å². The Bertz CT molecular complexity index is 325. The molecule has 0 N–H and O–H groups in total. The number of aromatic nitrogens is 1. The van der Waals surface area contributed by atoms with E-state index in [1.165, 1.54) is 0 Å². The predicted octanol–water partition coefficient (Wildman–Crippen LogP) is 1.70. The number of pyridine rings is 1. The molecule has 1 fully saturated rings. The van der Waals surface area contributed by atoms with Crippen LogP contribution in [0.3, 0.4) is 0 Å². The van der Waals surface area contributed by atoms with Crippen molar-refractivity contribution in [3.63, 3.8) is 0 Å². The molecule has 4 nitrogen and oxygen atoms in total. The first-order valence-corrected chi connectivity index (χ1v) is 5.34. The SMILES string of the molecule is O=C(I)N1CC(Oc2cccnc2)C1. The van der Waals surface area contributed by atoms with E-state index in [-0.39, 0.29) is 10.0 Å². The highest BCUT2D eigenvalue weighted by Crippen LogP contribution is 2.18. The fourth-order valence-corrected chi connectivity index (χ4v) is 1.66. The first-order chi connectivity index (χ1) is 6.75. The van der Waals surface area contributed by atoms with Crippen LogP contribution in [0.4, 0.5) is 4.79 Å². The number of carbonyl (C=O) groups is 1. The molecule has 0 spiro atoms. The Morgan fingerprint density at radius 3 is 3.00 bits per heavy atom. The lowest BCUT2D eigenvalue weighted by Crippen LogP contribution is -2.54. The van der Waals surface area contributed by atoms with Crippen molar-refractivity contribution in [1.29, 1.82) is 0 Å². The molecule has 2 heterocycles. The van der Waals surface area contributed by atoms with Crippen LogP contribution in [0.25, 0.3) is 0 Å². The van der Waals surface area contributed by atoms with E-state index in [0.29, 0.717) is 13.1 Å². The van der Waals surface area contributed by atoms with Crippen molar-refractivity contribution in [2.45, 2.75) is 6.10 Å². The Hall–Kier alpha value is -0.850. The Morgan fingerprint density at radius 2 is 2.43 bits per heavy atom. The molecule has 2 rings (SSSR count). The van der Waals surface area contributed by atoms with Crippen LogP contribution in [-0.2, 0) is 0 Å². The van der Waals surface area contributed by atoms with Crippen molar-refractivity contribution in [1.82, 2.24) is 9.88 Å². The van der Waals surface area contributed by atoms with Gasteiger partial charge in [0.2, 0.25) is 0 Å². The van der Waals surface area contributed by atoms with Gasteiger partial charge >= 0.3 is 0 Å². The molecule has 74 valence electrons. The summed E-state index contributed by atoms with van der Waals surface area (Å²) in [6.45, 7) is 1.35. The van der Waals surface area contributed by atoms with E-state index in [1.807, 2.05) is 12.1 Å². The molecule has 0 aromatic carbocycles. The van der Waals surface area contributed by atoms with Crippen molar-refractivity contribution in [2.75, 3.05) is 13.1 Å². The van der Waals surface area contributed by atoms with Gasteiger partial charge in [-0.1, -0.05) is 0 Å². The molecule has 1 aliphatic rings. The molecule has 14 heavy (non-hydrogen) atoms. The maximum Gasteiger partial charge on any atom is 0.283 e. The fraction of sp³-hybridized carbons (Fsp3) is 0.333. The second-order valence-corrected chi connectivity index (χ2v) is 4.01. The smallest absolute Gasteiger partial charge is 0.283 e. The van der Waals surface area contributed by atoms with E-state index in [0.717, 1.165) is 5.75 Å². The van der Waals surface area contributed by atoms with Crippen molar-refractivity contribution >= 4 is 26.5 Å². The number of amides is 1. The third kappa shape index (κ3) is 2.14. The number of likely N-dealkylation sites (tertiary alicyclic amines) is 1. The first-order valence-electron chi connectivity index (χ1n) is 4.27. The van der Waals surface area contributed by atoms with Crippen LogP contribution in [0.1, 0.15) is 0 Å². The first kappa shape index (κ1) is 9.70. The van der Waals surface area contributed by atoms with Gasteiger partial charge in [0.1, 0.15) is 11.9 Å². The molecular weight excluding hydrogens is 295 g/mol. The van der Waals surface area contributed by atoms with E-state index in [2.05, 4.69) is 4.98 Å². The van der Waals surface area contributed by atoms with Crippen molar-refractivity contribution < 1.29 is 9.53 Å². The Kier molecular flexibility index (Phi) is 2.85. The van der Waals surface area contributed by atoms with E-state index in [1.54, 1.807) is 39.9 Å². The minimum absolute atomic E-state index is 0.0774. The van der Waals surface area contributed by atoms with Gasteiger partial charge in [-0.25, -0.2) is 0 Å². The second kappa shape index (κ2) is 4.12. The molecular formula is C9H9IN2O2. The lowest BCUT2D eigenvalue weighted by atomic mass is 10.2. The molecule has 0 saturated carbocycles. The van der Waals surface area contributed by atoms with Gasteiger partial charge in [-0.3, -0.25) is 9.78 Å². The molecule has 1 saturated heterocycles. The normalized spacial score (nSPS) is 16.2. The van der Waals surface area contributed by atoms with Crippen LogP contribution in [-0.4, -0.2) is 33.0 Å². The Labute approximate surface area is 95.4 Å². The third-order valence-corrected chi connectivity index (χ3v) is 2.72. The zero-order chi connectivity index (χ0) is 9.97. The average molecular weight is 304 g/mol. The number of hydrogen-bond donors (Lipinski definition) is 0. The van der Waals surface area contributed by atoms with Crippen LogP contribution in [0.5, 0.6) is 5.75 Å². The van der Waals surface area contributed by atoms with E-state index in [9.17, 15) is 4.79 Å². The molecule has 5 heteroatoms. The standard InChI is InChI=1S/C9H9IN2O2/c10-9(13)12-5-8(6-12)14-7-2-1-3-11-4-7/h1-4,8H,5-6H2.